The number of aryl methyl sites for hydroxylation is 1. The lowest BCUT2D eigenvalue weighted by atomic mass is 10.3. The third-order valence-corrected chi connectivity index (χ3v) is 2.55. The fourth-order valence-corrected chi connectivity index (χ4v) is 1.73. The first-order valence-corrected chi connectivity index (χ1v) is 5.99. The van der Waals surface area contributed by atoms with Gasteiger partial charge in [0.2, 0.25) is 6.39 Å². The summed E-state index contributed by atoms with van der Waals surface area (Å²) in [4.78, 5) is 3.97. The van der Waals surface area contributed by atoms with Gasteiger partial charge in [-0.15, -0.1) is 0 Å². The number of nitrogens with zero attached hydrogens (tertiary/aromatic N) is 3. The summed E-state index contributed by atoms with van der Waals surface area (Å²) in [6.45, 7) is 5.01. The molecule has 0 aliphatic heterocycles. The monoisotopic (exact) mass is 234 g/mol. The van der Waals surface area contributed by atoms with E-state index in [1.807, 2.05) is 0 Å². The molecule has 0 aromatic carbocycles. The predicted octanol–water partition coefficient (Wildman–Crippen LogP) is 1.61. The molecule has 5 nitrogen and oxygen atoms in total. The van der Waals surface area contributed by atoms with E-state index in [1.54, 1.807) is 0 Å². The summed E-state index contributed by atoms with van der Waals surface area (Å²) in [5.74, 6) is 0.751. The maximum Gasteiger partial charge on any atom is 0.213 e. The zero-order valence-electron chi connectivity index (χ0n) is 10.1. The molecule has 0 aliphatic rings. The van der Waals surface area contributed by atoms with E-state index in [4.69, 9.17) is 0 Å². The van der Waals surface area contributed by atoms with Crippen molar-refractivity contribution in [3.05, 3.63) is 36.2 Å². The Bertz CT molecular complexity index is 421. The van der Waals surface area contributed by atoms with Crippen molar-refractivity contribution in [2.45, 2.75) is 32.9 Å². The summed E-state index contributed by atoms with van der Waals surface area (Å²) >= 11 is 0. The molecule has 0 fully saturated rings. The van der Waals surface area contributed by atoms with Crippen molar-refractivity contribution in [3.8, 4) is 0 Å². The van der Waals surface area contributed by atoms with Crippen molar-refractivity contribution in [1.82, 2.24) is 20.0 Å². The van der Waals surface area contributed by atoms with Crippen molar-refractivity contribution >= 4 is 0 Å². The van der Waals surface area contributed by atoms with Gasteiger partial charge < -0.3 is 14.4 Å². The minimum absolute atomic E-state index is 0.751. The van der Waals surface area contributed by atoms with Gasteiger partial charge in [0.25, 0.3) is 0 Å². The second-order valence-corrected chi connectivity index (χ2v) is 4.03. The molecule has 2 aromatic rings. The van der Waals surface area contributed by atoms with E-state index in [-0.39, 0.29) is 0 Å². The molecule has 0 radical (unpaired) electrons. The SMILES string of the molecule is CCCn1ccc(CNCCc2ncon2)c1. The summed E-state index contributed by atoms with van der Waals surface area (Å²) in [7, 11) is 0. The van der Waals surface area contributed by atoms with Gasteiger partial charge in [-0.2, -0.15) is 4.98 Å². The number of hydrogen-bond acceptors (Lipinski definition) is 4. The smallest absolute Gasteiger partial charge is 0.213 e. The van der Waals surface area contributed by atoms with Crippen LogP contribution in [0.15, 0.2) is 29.4 Å². The van der Waals surface area contributed by atoms with Crippen LogP contribution in [0.25, 0.3) is 0 Å². The lowest BCUT2D eigenvalue weighted by molar-refractivity contribution is 0.409. The molecule has 0 atom stereocenters. The van der Waals surface area contributed by atoms with Crippen LogP contribution >= 0.6 is 0 Å². The molecule has 17 heavy (non-hydrogen) atoms. The molecule has 5 heteroatoms. The molecule has 92 valence electrons. The lowest BCUT2D eigenvalue weighted by Gasteiger charge is -2.01. The molecule has 0 amide bonds. The van der Waals surface area contributed by atoms with E-state index in [0.29, 0.717) is 0 Å². The highest BCUT2D eigenvalue weighted by Crippen LogP contribution is 2.01. The van der Waals surface area contributed by atoms with Crippen molar-refractivity contribution in [1.29, 1.82) is 0 Å². The predicted molar refractivity (Wildman–Crippen MR) is 64.4 cm³/mol. The fraction of sp³-hybridized carbons (Fsp3) is 0.500. The van der Waals surface area contributed by atoms with Crippen molar-refractivity contribution in [3.63, 3.8) is 0 Å². The first-order valence-electron chi connectivity index (χ1n) is 5.99. The fourth-order valence-electron chi connectivity index (χ4n) is 1.73. The molecule has 2 rings (SSSR count). The van der Waals surface area contributed by atoms with Crippen LogP contribution in [-0.2, 0) is 19.5 Å². The summed E-state index contributed by atoms with van der Waals surface area (Å²) in [6.07, 6.45) is 7.64. The number of rotatable bonds is 7. The molecule has 0 unspecified atom stereocenters. The Hall–Kier alpha value is -1.62. The number of hydrogen-bond donors (Lipinski definition) is 1. The van der Waals surface area contributed by atoms with E-state index in [9.17, 15) is 0 Å². The van der Waals surface area contributed by atoms with Gasteiger partial charge in [0.05, 0.1) is 0 Å². The summed E-state index contributed by atoms with van der Waals surface area (Å²) in [5.41, 5.74) is 1.31. The maximum atomic E-state index is 4.67. The zero-order valence-corrected chi connectivity index (χ0v) is 10.1. The second kappa shape index (κ2) is 6.20. The minimum Gasteiger partial charge on any atom is -0.354 e. The van der Waals surface area contributed by atoms with Crippen LogP contribution in [-0.4, -0.2) is 21.3 Å². The van der Waals surface area contributed by atoms with Crippen LogP contribution in [0.1, 0.15) is 24.7 Å². The van der Waals surface area contributed by atoms with Gasteiger partial charge >= 0.3 is 0 Å². The third kappa shape index (κ3) is 3.71. The maximum absolute atomic E-state index is 4.67. The Labute approximate surface area is 101 Å². The molecule has 2 heterocycles. The zero-order chi connectivity index (χ0) is 11.9. The van der Waals surface area contributed by atoms with Crippen LogP contribution < -0.4 is 5.32 Å². The Kier molecular flexibility index (Phi) is 4.32. The van der Waals surface area contributed by atoms with E-state index in [1.165, 1.54) is 18.4 Å². The molecular formula is C12H18N4O. The van der Waals surface area contributed by atoms with Gasteiger partial charge in [-0.1, -0.05) is 12.1 Å². The normalized spacial score (nSPS) is 10.9. The van der Waals surface area contributed by atoms with Crippen LogP contribution in [0.4, 0.5) is 0 Å². The van der Waals surface area contributed by atoms with Gasteiger partial charge in [0.15, 0.2) is 5.82 Å². The van der Waals surface area contributed by atoms with Crippen LogP contribution in [0.3, 0.4) is 0 Å². The van der Waals surface area contributed by atoms with E-state index in [0.717, 1.165) is 31.9 Å². The average molecular weight is 234 g/mol. The van der Waals surface area contributed by atoms with Gasteiger partial charge in [-0.25, -0.2) is 0 Å². The van der Waals surface area contributed by atoms with Crippen molar-refractivity contribution < 1.29 is 4.52 Å². The molecule has 2 aromatic heterocycles. The van der Waals surface area contributed by atoms with E-state index >= 15 is 0 Å². The second-order valence-electron chi connectivity index (χ2n) is 4.03. The summed E-state index contributed by atoms with van der Waals surface area (Å²) in [5, 5.41) is 7.12. The highest BCUT2D eigenvalue weighted by molar-refractivity contribution is 5.09. The van der Waals surface area contributed by atoms with E-state index < -0.39 is 0 Å². The lowest BCUT2D eigenvalue weighted by Crippen LogP contribution is -2.16. The van der Waals surface area contributed by atoms with Crippen molar-refractivity contribution in [2.24, 2.45) is 0 Å². The highest BCUT2D eigenvalue weighted by Gasteiger charge is 1.99. The minimum atomic E-state index is 0.751. The van der Waals surface area contributed by atoms with Crippen LogP contribution in [0, 0.1) is 0 Å². The number of nitrogens with one attached hydrogen (secondary N) is 1. The molecule has 0 saturated heterocycles. The van der Waals surface area contributed by atoms with Gasteiger partial charge in [0.1, 0.15) is 0 Å². The van der Waals surface area contributed by atoms with Crippen LogP contribution in [0.2, 0.25) is 0 Å². The molecule has 1 N–H and O–H groups in total. The van der Waals surface area contributed by atoms with Crippen molar-refractivity contribution in [2.75, 3.05) is 6.54 Å². The summed E-state index contributed by atoms with van der Waals surface area (Å²) < 4.78 is 6.89. The molecule has 0 bridgehead atoms. The highest BCUT2D eigenvalue weighted by atomic mass is 16.5. The topological polar surface area (TPSA) is 55.9 Å². The van der Waals surface area contributed by atoms with Gasteiger partial charge in [-0.05, 0) is 18.1 Å². The molecule has 0 saturated carbocycles. The Morgan fingerprint density at radius 1 is 1.47 bits per heavy atom. The van der Waals surface area contributed by atoms with E-state index in [2.05, 4.69) is 49.9 Å². The molecule has 0 aliphatic carbocycles. The Balaban J connectivity index is 1.67. The standard InChI is InChI=1S/C12H18N4O/c1-2-6-16-7-4-11(9-16)8-13-5-3-12-14-10-17-15-12/h4,7,9-10,13H,2-3,5-6,8H2,1H3. The Morgan fingerprint density at radius 3 is 3.18 bits per heavy atom. The quantitative estimate of drug-likeness (QED) is 0.739. The van der Waals surface area contributed by atoms with Gasteiger partial charge in [-0.3, -0.25) is 0 Å². The van der Waals surface area contributed by atoms with Crippen LogP contribution in [0.5, 0.6) is 0 Å². The third-order valence-electron chi connectivity index (χ3n) is 2.55. The molecule has 0 spiro atoms. The number of aromatic nitrogens is 3. The average Bonchev–Trinajstić information content (AvgIpc) is 2.96. The largest absolute Gasteiger partial charge is 0.354 e. The molecular weight excluding hydrogens is 216 g/mol. The first kappa shape index (κ1) is 11.9. The van der Waals surface area contributed by atoms with Gasteiger partial charge in [0, 0.05) is 38.4 Å². The first-order chi connectivity index (χ1) is 8.38. The Morgan fingerprint density at radius 2 is 2.41 bits per heavy atom. The summed E-state index contributed by atoms with van der Waals surface area (Å²) in [6, 6.07) is 2.15.